The molecule has 1 unspecified atom stereocenters. The van der Waals surface area contributed by atoms with Crippen LogP contribution >= 0.6 is 0 Å². The van der Waals surface area contributed by atoms with Gasteiger partial charge in [0.1, 0.15) is 0 Å². The lowest BCUT2D eigenvalue weighted by Crippen LogP contribution is -2.13. The maximum atomic E-state index is 9.75. The van der Waals surface area contributed by atoms with E-state index >= 15 is 0 Å². The molecule has 0 rings (SSSR count). The van der Waals surface area contributed by atoms with Gasteiger partial charge in [-0.05, 0) is 31.1 Å². The summed E-state index contributed by atoms with van der Waals surface area (Å²) in [5.74, 6) is 0. The monoisotopic (exact) mass is 228 g/mol. The first kappa shape index (κ1) is 16.0. The van der Waals surface area contributed by atoms with Gasteiger partial charge in [0.05, 0.1) is 6.10 Å². The number of unbranched alkanes of at least 4 members (excludes halogenated alkanes) is 2. The fourth-order valence-corrected chi connectivity index (χ4v) is 2.18. The molecule has 1 N–H and O–H groups in total. The van der Waals surface area contributed by atoms with E-state index in [0.717, 1.165) is 12.8 Å². The van der Waals surface area contributed by atoms with Gasteiger partial charge in [0.2, 0.25) is 0 Å². The summed E-state index contributed by atoms with van der Waals surface area (Å²) in [5, 5.41) is 9.75. The maximum absolute atomic E-state index is 9.75. The second kappa shape index (κ2) is 9.04. The first-order chi connectivity index (χ1) is 7.52. The first-order valence-electron chi connectivity index (χ1n) is 7.20. The number of hydrogen-bond acceptors (Lipinski definition) is 1. The van der Waals surface area contributed by atoms with Crippen LogP contribution in [0.4, 0.5) is 0 Å². The molecular weight excluding hydrogens is 196 g/mol. The highest BCUT2D eigenvalue weighted by Crippen LogP contribution is 2.29. The van der Waals surface area contributed by atoms with Gasteiger partial charge in [0, 0.05) is 0 Å². The van der Waals surface area contributed by atoms with Gasteiger partial charge in [0.25, 0.3) is 0 Å². The van der Waals surface area contributed by atoms with E-state index in [0.29, 0.717) is 5.41 Å². The molecule has 1 heteroatoms. The van der Waals surface area contributed by atoms with Gasteiger partial charge in [-0.1, -0.05) is 59.8 Å². The Kier molecular flexibility index (Phi) is 9.02. The lowest BCUT2D eigenvalue weighted by Gasteiger charge is -2.24. The molecule has 1 atom stereocenters. The third-order valence-electron chi connectivity index (χ3n) is 3.49. The molecule has 0 aliphatic carbocycles. The third-order valence-corrected chi connectivity index (χ3v) is 3.49. The van der Waals surface area contributed by atoms with Crippen LogP contribution in [0.25, 0.3) is 0 Å². The minimum atomic E-state index is -0.0538. The van der Waals surface area contributed by atoms with Crippen molar-refractivity contribution in [2.45, 2.75) is 91.6 Å². The SMILES string of the molecule is CCCCC(O)CCCC(C)(C)CCCC. The predicted molar refractivity (Wildman–Crippen MR) is 72.7 cm³/mol. The van der Waals surface area contributed by atoms with Gasteiger partial charge in [-0.15, -0.1) is 0 Å². The molecule has 0 aliphatic rings. The second-order valence-electron chi connectivity index (χ2n) is 5.96. The van der Waals surface area contributed by atoms with Gasteiger partial charge < -0.3 is 5.11 Å². The zero-order valence-electron chi connectivity index (χ0n) is 11.9. The van der Waals surface area contributed by atoms with E-state index in [1.165, 1.54) is 44.9 Å². The zero-order valence-corrected chi connectivity index (χ0v) is 11.9. The molecule has 0 radical (unpaired) electrons. The summed E-state index contributed by atoms with van der Waals surface area (Å²) in [6.07, 6.45) is 10.7. The minimum Gasteiger partial charge on any atom is -0.393 e. The molecule has 0 heterocycles. The molecule has 0 aromatic carbocycles. The van der Waals surface area contributed by atoms with Gasteiger partial charge in [-0.2, -0.15) is 0 Å². The summed E-state index contributed by atoms with van der Waals surface area (Å²) < 4.78 is 0. The molecule has 98 valence electrons. The summed E-state index contributed by atoms with van der Waals surface area (Å²) >= 11 is 0. The van der Waals surface area contributed by atoms with Crippen LogP contribution < -0.4 is 0 Å². The standard InChI is InChI=1S/C15H32O/c1-5-7-10-14(16)11-9-13-15(3,4)12-8-6-2/h14,16H,5-13H2,1-4H3. The van der Waals surface area contributed by atoms with Crippen molar-refractivity contribution >= 4 is 0 Å². The van der Waals surface area contributed by atoms with Crippen molar-refractivity contribution in [3.63, 3.8) is 0 Å². The van der Waals surface area contributed by atoms with Crippen LogP contribution in [0.5, 0.6) is 0 Å². The number of aliphatic hydroxyl groups is 1. The van der Waals surface area contributed by atoms with Gasteiger partial charge in [-0.3, -0.25) is 0 Å². The fraction of sp³-hybridized carbons (Fsp3) is 1.00. The summed E-state index contributed by atoms with van der Waals surface area (Å²) in [5.41, 5.74) is 0.473. The quantitative estimate of drug-likeness (QED) is 0.562. The molecule has 16 heavy (non-hydrogen) atoms. The fourth-order valence-electron chi connectivity index (χ4n) is 2.18. The number of hydrogen-bond donors (Lipinski definition) is 1. The summed E-state index contributed by atoms with van der Waals surface area (Å²) in [7, 11) is 0. The Bertz CT molecular complexity index is 152. The summed E-state index contributed by atoms with van der Waals surface area (Å²) in [4.78, 5) is 0. The molecule has 0 aromatic heterocycles. The Balaban J connectivity index is 3.54. The van der Waals surface area contributed by atoms with Gasteiger partial charge in [-0.25, -0.2) is 0 Å². The van der Waals surface area contributed by atoms with Crippen LogP contribution in [0.1, 0.15) is 85.5 Å². The van der Waals surface area contributed by atoms with Crippen molar-refractivity contribution in [3.05, 3.63) is 0 Å². The van der Waals surface area contributed by atoms with E-state index in [-0.39, 0.29) is 6.10 Å². The highest BCUT2D eigenvalue weighted by Gasteiger charge is 2.17. The minimum absolute atomic E-state index is 0.0538. The maximum Gasteiger partial charge on any atom is 0.0540 e. The van der Waals surface area contributed by atoms with Crippen LogP contribution in [0.2, 0.25) is 0 Å². The second-order valence-corrected chi connectivity index (χ2v) is 5.96. The van der Waals surface area contributed by atoms with Crippen LogP contribution in [-0.2, 0) is 0 Å². The van der Waals surface area contributed by atoms with Gasteiger partial charge >= 0.3 is 0 Å². The average Bonchev–Trinajstić information content (AvgIpc) is 2.23. The van der Waals surface area contributed by atoms with E-state index < -0.39 is 0 Å². The van der Waals surface area contributed by atoms with Crippen molar-refractivity contribution in [2.24, 2.45) is 5.41 Å². The lowest BCUT2D eigenvalue weighted by molar-refractivity contribution is 0.141. The number of rotatable bonds is 10. The number of aliphatic hydroxyl groups excluding tert-OH is 1. The van der Waals surface area contributed by atoms with Crippen molar-refractivity contribution in [1.29, 1.82) is 0 Å². The molecule has 0 aliphatic heterocycles. The summed E-state index contributed by atoms with van der Waals surface area (Å²) in [6, 6.07) is 0. The smallest absolute Gasteiger partial charge is 0.0540 e. The molecule has 0 aromatic rings. The normalized spacial score (nSPS) is 14.1. The van der Waals surface area contributed by atoms with Crippen LogP contribution in [0.15, 0.2) is 0 Å². The highest BCUT2D eigenvalue weighted by molar-refractivity contribution is 4.69. The molecule has 0 saturated heterocycles. The van der Waals surface area contributed by atoms with Crippen molar-refractivity contribution in [2.75, 3.05) is 0 Å². The Morgan fingerprint density at radius 3 is 1.94 bits per heavy atom. The van der Waals surface area contributed by atoms with E-state index in [1.807, 2.05) is 0 Å². The third kappa shape index (κ3) is 9.21. The Labute approximate surface area is 103 Å². The van der Waals surface area contributed by atoms with Crippen molar-refractivity contribution in [1.82, 2.24) is 0 Å². The van der Waals surface area contributed by atoms with Crippen LogP contribution in [0, 0.1) is 5.41 Å². The first-order valence-corrected chi connectivity index (χ1v) is 7.20. The molecular formula is C15H32O. The lowest BCUT2D eigenvalue weighted by atomic mass is 9.82. The Morgan fingerprint density at radius 2 is 1.38 bits per heavy atom. The van der Waals surface area contributed by atoms with E-state index in [1.54, 1.807) is 0 Å². The van der Waals surface area contributed by atoms with Gasteiger partial charge in [0.15, 0.2) is 0 Å². The topological polar surface area (TPSA) is 20.2 Å². The zero-order chi connectivity index (χ0) is 12.4. The molecule has 0 bridgehead atoms. The Hall–Kier alpha value is -0.0400. The van der Waals surface area contributed by atoms with E-state index in [9.17, 15) is 5.11 Å². The Morgan fingerprint density at radius 1 is 0.875 bits per heavy atom. The molecule has 1 nitrogen and oxygen atoms in total. The molecule has 0 amide bonds. The van der Waals surface area contributed by atoms with Crippen molar-refractivity contribution in [3.8, 4) is 0 Å². The highest BCUT2D eigenvalue weighted by atomic mass is 16.3. The molecule has 0 saturated carbocycles. The largest absolute Gasteiger partial charge is 0.393 e. The average molecular weight is 228 g/mol. The van der Waals surface area contributed by atoms with Crippen LogP contribution in [0.3, 0.4) is 0 Å². The van der Waals surface area contributed by atoms with Crippen LogP contribution in [-0.4, -0.2) is 11.2 Å². The summed E-state index contributed by atoms with van der Waals surface area (Å²) in [6.45, 7) is 9.16. The van der Waals surface area contributed by atoms with E-state index in [2.05, 4.69) is 27.7 Å². The van der Waals surface area contributed by atoms with E-state index in [4.69, 9.17) is 0 Å². The molecule has 0 fully saturated rings. The predicted octanol–water partition coefficient (Wildman–Crippen LogP) is 4.92. The molecule has 0 spiro atoms. The van der Waals surface area contributed by atoms with Crippen molar-refractivity contribution < 1.29 is 5.11 Å².